The van der Waals surface area contributed by atoms with Gasteiger partial charge >= 0.3 is 0 Å². The number of carbonyl (C=O) groups is 1. The van der Waals surface area contributed by atoms with Gasteiger partial charge in [-0.2, -0.15) is 0 Å². The lowest BCUT2D eigenvalue weighted by atomic mass is 10.0. The van der Waals surface area contributed by atoms with Crippen LogP contribution in [0.1, 0.15) is 30.6 Å². The number of aromatic hydroxyl groups is 1. The lowest BCUT2D eigenvalue weighted by Crippen LogP contribution is -2.34. The molecule has 100 valence electrons. The summed E-state index contributed by atoms with van der Waals surface area (Å²) in [5, 5.41) is 11.9. The molecule has 2 aromatic rings. The van der Waals surface area contributed by atoms with Crippen molar-refractivity contribution < 1.29 is 9.90 Å². The van der Waals surface area contributed by atoms with E-state index in [1.54, 1.807) is 18.0 Å². The Morgan fingerprint density at radius 3 is 2.63 bits per heavy atom. The van der Waals surface area contributed by atoms with Crippen molar-refractivity contribution in [2.75, 3.05) is 7.05 Å². The number of benzene rings is 2. The molecule has 0 aromatic heterocycles. The van der Waals surface area contributed by atoms with Crippen LogP contribution in [0.5, 0.6) is 5.75 Å². The third kappa shape index (κ3) is 2.41. The van der Waals surface area contributed by atoms with Crippen LogP contribution in [0.4, 0.5) is 0 Å². The van der Waals surface area contributed by atoms with Crippen LogP contribution in [0.25, 0.3) is 10.8 Å². The van der Waals surface area contributed by atoms with Gasteiger partial charge in [-0.1, -0.05) is 37.3 Å². The predicted octanol–water partition coefficient (Wildman–Crippen LogP) is 3.42. The van der Waals surface area contributed by atoms with E-state index in [1.165, 1.54) is 0 Å². The maximum absolute atomic E-state index is 12.4. The number of phenolic OH excluding ortho intramolecular Hbond substituents is 1. The Morgan fingerprint density at radius 2 is 1.95 bits per heavy atom. The van der Waals surface area contributed by atoms with Gasteiger partial charge in [-0.15, -0.1) is 0 Å². The summed E-state index contributed by atoms with van der Waals surface area (Å²) in [6.45, 7) is 4.03. The molecule has 2 rings (SSSR count). The highest BCUT2D eigenvalue weighted by Crippen LogP contribution is 2.29. The maximum Gasteiger partial charge on any atom is 0.257 e. The van der Waals surface area contributed by atoms with E-state index in [0.717, 1.165) is 11.8 Å². The lowest BCUT2D eigenvalue weighted by Gasteiger charge is -2.24. The van der Waals surface area contributed by atoms with E-state index in [-0.39, 0.29) is 17.7 Å². The Morgan fingerprint density at radius 1 is 1.26 bits per heavy atom. The van der Waals surface area contributed by atoms with Crippen molar-refractivity contribution >= 4 is 16.7 Å². The molecular formula is C16H19NO2. The number of phenols is 1. The third-order valence-corrected chi connectivity index (χ3v) is 3.70. The molecule has 0 saturated carbocycles. The minimum absolute atomic E-state index is 0.0678. The Hall–Kier alpha value is -2.03. The van der Waals surface area contributed by atoms with Crippen molar-refractivity contribution in [2.45, 2.75) is 26.3 Å². The van der Waals surface area contributed by atoms with Gasteiger partial charge < -0.3 is 10.0 Å². The molecule has 0 aliphatic carbocycles. The molecule has 0 heterocycles. The first-order valence-electron chi connectivity index (χ1n) is 6.54. The van der Waals surface area contributed by atoms with E-state index in [9.17, 15) is 9.90 Å². The summed E-state index contributed by atoms with van der Waals surface area (Å²) in [6, 6.07) is 11.2. The van der Waals surface area contributed by atoms with E-state index < -0.39 is 0 Å². The second-order valence-electron chi connectivity index (χ2n) is 4.86. The van der Waals surface area contributed by atoms with Crippen LogP contribution in [-0.2, 0) is 0 Å². The second-order valence-corrected chi connectivity index (χ2v) is 4.86. The zero-order valence-electron chi connectivity index (χ0n) is 11.6. The molecule has 0 aliphatic heterocycles. The molecular weight excluding hydrogens is 238 g/mol. The largest absolute Gasteiger partial charge is 0.506 e. The topological polar surface area (TPSA) is 40.5 Å². The van der Waals surface area contributed by atoms with Crippen LogP contribution >= 0.6 is 0 Å². The number of fused-ring (bicyclic) bond motifs is 1. The van der Waals surface area contributed by atoms with Gasteiger partial charge in [0.25, 0.3) is 5.91 Å². The Labute approximate surface area is 113 Å². The number of nitrogens with zero attached hydrogens (tertiary/aromatic N) is 1. The van der Waals surface area contributed by atoms with E-state index in [2.05, 4.69) is 0 Å². The molecule has 3 heteroatoms. The summed E-state index contributed by atoms with van der Waals surface area (Å²) in [7, 11) is 1.77. The smallest absolute Gasteiger partial charge is 0.257 e. The molecule has 0 spiro atoms. The Kier molecular flexibility index (Phi) is 3.74. The van der Waals surface area contributed by atoms with Crippen molar-refractivity contribution in [3.63, 3.8) is 0 Å². The summed E-state index contributed by atoms with van der Waals surface area (Å²) >= 11 is 0. The summed E-state index contributed by atoms with van der Waals surface area (Å²) < 4.78 is 0. The van der Waals surface area contributed by atoms with Crippen molar-refractivity contribution in [2.24, 2.45) is 0 Å². The van der Waals surface area contributed by atoms with Gasteiger partial charge in [-0.3, -0.25) is 4.79 Å². The third-order valence-electron chi connectivity index (χ3n) is 3.70. The molecule has 1 amide bonds. The number of rotatable bonds is 3. The highest BCUT2D eigenvalue weighted by Gasteiger charge is 2.20. The standard InChI is InChI=1S/C16H19NO2/c1-4-11(2)17(3)16(19)14-10-9-12-7-5-6-8-13(12)15(14)18/h5-11,18H,4H2,1-3H3. The molecule has 0 radical (unpaired) electrons. The number of carbonyl (C=O) groups excluding carboxylic acids is 1. The highest BCUT2D eigenvalue weighted by atomic mass is 16.3. The maximum atomic E-state index is 12.4. The predicted molar refractivity (Wildman–Crippen MR) is 77.5 cm³/mol. The number of amides is 1. The number of hydrogen-bond donors (Lipinski definition) is 1. The molecule has 0 aliphatic rings. The van der Waals surface area contributed by atoms with E-state index in [4.69, 9.17) is 0 Å². The summed E-state index contributed by atoms with van der Waals surface area (Å²) in [5.41, 5.74) is 0.363. The van der Waals surface area contributed by atoms with Crippen LogP contribution in [-0.4, -0.2) is 29.0 Å². The van der Waals surface area contributed by atoms with Crippen LogP contribution in [0, 0.1) is 0 Å². The Balaban J connectivity index is 2.46. The first kappa shape index (κ1) is 13.4. The van der Waals surface area contributed by atoms with Gasteiger partial charge in [0.2, 0.25) is 0 Å². The normalized spacial score (nSPS) is 12.4. The SMILES string of the molecule is CCC(C)N(C)C(=O)c1ccc2ccccc2c1O. The van der Waals surface area contributed by atoms with Crippen molar-refractivity contribution in [1.29, 1.82) is 0 Å². The van der Waals surface area contributed by atoms with Gasteiger partial charge in [0.1, 0.15) is 5.75 Å². The van der Waals surface area contributed by atoms with Gasteiger partial charge in [0.15, 0.2) is 0 Å². The van der Waals surface area contributed by atoms with E-state index in [1.807, 2.05) is 44.2 Å². The van der Waals surface area contributed by atoms with E-state index in [0.29, 0.717) is 10.9 Å². The second kappa shape index (κ2) is 5.31. The summed E-state index contributed by atoms with van der Waals surface area (Å²) in [6.07, 6.45) is 0.885. The quantitative estimate of drug-likeness (QED) is 0.915. The molecule has 19 heavy (non-hydrogen) atoms. The van der Waals surface area contributed by atoms with Crippen molar-refractivity contribution in [3.05, 3.63) is 42.0 Å². The van der Waals surface area contributed by atoms with Gasteiger partial charge in [-0.05, 0) is 24.8 Å². The number of hydrogen-bond acceptors (Lipinski definition) is 2. The van der Waals surface area contributed by atoms with Crippen molar-refractivity contribution in [3.8, 4) is 5.75 Å². The molecule has 0 fully saturated rings. The van der Waals surface area contributed by atoms with Crippen LogP contribution in [0.15, 0.2) is 36.4 Å². The minimum atomic E-state index is -0.141. The van der Waals surface area contributed by atoms with E-state index >= 15 is 0 Å². The van der Waals surface area contributed by atoms with Crippen LogP contribution in [0.2, 0.25) is 0 Å². The van der Waals surface area contributed by atoms with Crippen LogP contribution in [0.3, 0.4) is 0 Å². The zero-order chi connectivity index (χ0) is 14.0. The molecule has 1 unspecified atom stereocenters. The molecule has 3 nitrogen and oxygen atoms in total. The fourth-order valence-electron chi connectivity index (χ4n) is 2.09. The zero-order valence-corrected chi connectivity index (χ0v) is 11.6. The summed E-state index contributed by atoms with van der Waals surface area (Å²) in [4.78, 5) is 14.0. The van der Waals surface area contributed by atoms with Gasteiger partial charge in [0.05, 0.1) is 5.56 Å². The fraction of sp³-hybridized carbons (Fsp3) is 0.312. The molecule has 0 bridgehead atoms. The highest BCUT2D eigenvalue weighted by molar-refractivity contribution is 6.03. The molecule has 2 aromatic carbocycles. The first-order chi connectivity index (χ1) is 9.06. The van der Waals surface area contributed by atoms with Crippen molar-refractivity contribution in [1.82, 2.24) is 4.90 Å². The molecule has 0 saturated heterocycles. The fourth-order valence-corrected chi connectivity index (χ4v) is 2.09. The van der Waals surface area contributed by atoms with Gasteiger partial charge in [0, 0.05) is 18.5 Å². The summed E-state index contributed by atoms with van der Waals surface area (Å²) in [5.74, 6) is -0.0733. The molecule has 1 N–H and O–H groups in total. The average Bonchev–Trinajstić information content (AvgIpc) is 2.45. The first-order valence-corrected chi connectivity index (χ1v) is 6.54. The average molecular weight is 257 g/mol. The Bertz CT molecular complexity index is 607. The minimum Gasteiger partial charge on any atom is -0.506 e. The van der Waals surface area contributed by atoms with Crippen LogP contribution < -0.4 is 0 Å². The molecule has 1 atom stereocenters. The lowest BCUT2D eigenvalue weighted by molar-refractivity contribution is 0.0738. The van der Waals surface area contributed by atoms with Gasteiger partial charge in [-0.25, -0.2) is 0 Å². The monoisotopic (exact) mass is 257 g/mol.